The molecule has 1 saturated carbocycles. The third kappa shape index (κ3) is 3.51. The first-order valence-electron chi connectivity index (χ1n) is 7.10. The molecule has 4 nitrogen and oxygen atoms in total. The largest absolute Gasteiger partial charge is 0.497 e. The zero-order valence-electron chi connectivity index (χ0n) is 12.4. The van der Waals surface area contributed by atoms with Crippen LogP contribution in [0, 0.1) is 5.92 Å². The molecule has 1 N–H and O–H groups in total. The third-order valence-corrected chi connectivity index (χ3v) is 3.99. The first-order chi connectivity index (χ1) is 9.52. The van der Waals surface area contributed by atoms with Crippen LogP contribution in [0.1, 0.15) is 31.2 Å². The summed E-state index contributed by atoms with van der Waals surface area (Å²) in [6.07, 6.45) is 1.78. The quantitative estimate of drug-likeness (QED) is 0.865. The summed E-state index contributed by atoms with van der Waals surface area (Å²) in [6, 6.07) is 7.54. The molecule has 0 saturated heterocycles. The second-order valence-corrected chi connectivity index (χ2v) is 5.62. The predicted molar refractivity (Wildman–Crippen MR) is 77.8 cm³/mol. The molecular weight excluding hydrogens is 254 g/mol. The standard InChI is InChI=1S/C16H23NO3/c1-11(12-6-8-14(20-3)9-7-12)16(19)17(2)10-15(18)13-4-5-13/h6-9,11,13,15,18H,4-5,10H2,1-3H3. The SMILES string of the molecule is COc1ccc(C(C)C(=O)N(C)CC(O)C2CC2)cc1. The molecule has 0 radical (unpaired) electrons. The lowest BCUT2D eigenvalue weighted by Gasteiger charge is -2.24. The van der Waals surface area contributed by atoms with Gasteiger partial charge in [0.15, 0.2) is 0 Å². The van der Waals surface area contributed by atoms with Gasteiger partial charge in [-0.3, -0.25) is 4.79 Å². The number of carbonyl (C=O) groups is 1. The zero-order chi connectivity index (χ0) is 14.7. The molecule has 110 valence electrons. The van der Waals surface area contributed by atoms with Gasteiger partial charge in [0.2, 0.25) is 5.91 Å². The molecule has 1 aromatic carbocycles. The number of aliphatic hydroxyl groups excluding tert-OH is 1. The van der Waals surface area contributed by atoms with E-state index in [4.69, 9.17) is 4.74 Å². The lowest BCUT2D eigenvalue weighted by atomic mass is 9.99. The molecule has 1 aliphatic rings. The summed E-state index contributed by atoms with van der Waals surface area (Å²) in [5.41, 5.74) is 0.962. The highest BCUT2D eigenvalue weighted by atomic mass is 16.5. The number of ether oxygens (including phenoxy) is 1. The lowest BCUT2D eigenvalue weighted by Crippen LogP contribution is -2.37. The van der Waals surface area contributed by atoms with E-state index < -0.39 is 0 Å². The molecule has 1 amide bonds. The lowest BCUT2D eigenvalue weighted by molar-refractivity contribution is -0.132. The van der Waals surface area contributed by atoms with E-state index in [9.17, 15) is 9.90 Å². The zero-order valence-corrected chi connectivity index (χ0v) is 12.4. The molecule has 0 bridgehead atoms. The number of nitrogens with zero attached hydrogens (tertiary/aromatic N) is 1. The Labute approximate surface area is 120 Å². The summed E-state index contributed by atoms with van der Waals surface area (Å²) in [7, 11) is 3.38. The Morgan fingerprint density at radius 2 is 2.00 bits per heavy atom. The van der Waals surface area contributed by atoms with Crippen LogP contribution >= 0.6 is 0 Å². The molecule has 1 aromatic rings. The normalized spacial score (nSPS) is 17.4. The molecule has 0 spiro atoms. The van der Waals surface area contributed by atoms with Crippen molar-refractivity contribution in [1.29, 1.82) is 0 Å². The maximum absolute atomic E-state index is 12.4. The molecule has 2 unspecified atom stereocenters. The number of hydrogen-bond donors (Lipinski definition) is 1. The van der Waals surface area contributed by atoms with Gasteiger partial charge in [-0.25, -0.2) is 0 Å². The highest BCUT2D eigenvalue weighted by Crippen LogP contribution is 2.33. The summed E-state index contributed by atoms with van der Waals surface area (Å²) in [6.45, 7) is 2.31. The third-order valence-electron chi connectivity index (χ3n) is 3.99. The fourth-order valence-corrected chi connectivity index (χ4v) is 2.37. The van der Waals surface area contributed by atoms with Crippen LogP contribution in [-0.4, -0.2) is 42.7 Å². The fraction of sp³-hybridized carbons (Fsp3) is 0.562. The number of rotatable bonds is 6. The predicted octanol–water partition coefficient (Wildman–Crippen LogP) is 2.03. The summed E-state index contributed by atoms with van der Waals surface area (Å²) in [5, 5.41) is 9.92. The maximum atomic E-state index is 12.4. The highest BCUT2D eigenvalue weighted by molar-refractivity contribution is 5.83. The minimum Gasteiger partial charge on any atom is -0.497 e. The summed E-state index contributed by atoms with van der Waals surface area (Å²) < 4.78 is 5.11. The van der Waals surface area contributed by atoms with Crippen molar-refractivity contribution < 1.29 is 14.6 Å². The van der Waals surface area contributed by atoms with E-state index in [1.165, 1.54) is 0 Å². The molecule has 1 aliphatic carbocycles. The average molecular weight is 277 g/mol. The van der Waals surface area contributed by atoms with Crippen LogP contribution in [0.5, 0.6) is 5.75 Å². The van der Waals surface area contributed by atoms with E-state index in [2.05, 4.69) is 0 Å². The van der Waals surface area contributed by atoms with Crippen molar-refractivity contribution in [3.63, 3.8) is 0 Å². The van der Waals surface area contributed by atoms with E-state index in [-0.39, 0.29) is 17.9 Å². The molecule has 2 atom stereocenters. The summed E-state index contributed by atoms with van der Waals surface area (Å²) in [4.78, 5) is 14.0. The van der Waals surface area contributed by atoms with Crippen molar-refractivity contribution in [1.82, 2.24) is 4.90 Å². The average Bonchev–Trinajstić information content (AvgIpc) is 3.30. The van der Waals surface area contributed by atoms with Crippen LogP contribution in [0.3, 0.4) is 0 Å². The van der Waals surface area contributed by atoms with E-state index in [1.807, 2.05) is 31.2 Å². The Balaban J connectivity index is 1.95. The Morgan fingerprint density at radius 3 is 2.50 bits per heavy atom. The van der Waals surface area contributed by atoms with E-state index in [0.29, 0.717) is 12.5 Å². The summed E-state index contributed by atoms with van der Waals surface area (Å²) >= 11 is 0. The minimum absolute atomic E-state index is 0.0369. The van der Waals surface area contributed by atoms with E-state index in [0.717, 1.165) is 24.2 Å². The van der Waals surface area contributed by atoms with E-state index in [1.54, 1.807) is 19.1 Å². The van der Waals surface area contributed by atoms with Crippen LogP contribution in [-0.2, 0) is 4.79 Å². The molecule has 20 heavy (non-hydrogen) atoms. The number of likely N-dealkylation sites (N-methyl/N-ethyl adjacent to an activating group) is 1. The monoisotopic (exact) mass is 277 g/mol. The Kier molecular flexibility index (Phi) is 4.65. The van der Waals surface area contributed by atoms with Crippen molar-refractivity contribution >= 4 is 5.91 Å². The molecule has 4 heteroatoms. The van der Waals surface area contributed by atoms with Crippen LogP contribution in [0.25, 0.3) is 0 Å². The number of hydrogen-bond acceptors (Lipinski definition) is 3. The van der Waals surface area contributed by atoms with Gasteiger partial charge in [0.1, 0.15) is 5.75 Å². The van der Waals surface area contributed by atoms with Gasteiger partial charge in [-0.2, -0.15) is 0 Å². The van der Waals surface area contributed by atoms with E-state index >= 15 is 0 Å². The van der Waals surface area contributed by atoms with Gasteiger partial charge in [0.25, 0.3) is 0 Å². The van der Waals surface area contributed by atoms with Crippen LogP contribution in [0.2, 0.25) is 0 Å². The molecule has 0 heterocycles. The van der Waals surface area contributed by atoms with Gasteiger partial charge in [0.05, 0.1) is 19.1 Å². The van der Waals surface area contributed by atoms with Gasteiger partial charge in [-0.1, -0.05) is 12.1 Å². The molecule has 0 aliphatic heterocycles. The Hall–Kier alpha value is -1.55. The highest BCUT2D eigenvalue weighted by Gasteiger charge is 2.31. The van der Waals surface area contributed by atoms with Crippen molar-refractivity contribution in [2.45, 2.75) is 31.8 Å². The molecular formula is C16H23NO3. The van der Waals surface area contributed by atoms with Gasteiger partial charge >= 0.3 is 0 Å². The van der Waals surface area contributed by atoms with Crippen molar-refractivity contribution in [3.05, 3.63) is 29.8 Å². The molecule has 2 rings (SSSR count). The maximum Gasteiger partial charge on any atom is 0.229 e. The van der Waals surface area contributed by atoms with Crippen molar-refractivity contribution in [2.75, 3.05) is 20.7 Å². The second kappa shape index (κ2) is 6.27. The first kappa shape index (κ1) is 14.9. The van der Waals surface area contributed by atoms with Crippen LogP contribution in [0.15, 0.2) is 24.3 Å². The van der Waals surface area contributed by atoms with Gasteiger partial charge < -0.3 is 14.7 Å². The van der Waals surface area contributed by atoms with Gasteiger partial charge in [0, 0.05) is 13.6 Å². The van der Waals surface area contributed by atoms with Gasteiger partial charge in [-0.15, -0.1) is 0 Å². The molecule has 0 aromatic heterocycles. The topological polar surface area (TPSA) is 49.8 Å². The van der Waals surface area contributed by atoms with Crippen molar-refractivity contribution in [3.8, 4) is 5.75 Å². The Morgan fingerprint density at radius 1 is 1.40 bits per heavy atom. The molecule has 1 fully saturated rings. The first-order valence-corrected chi connectivity index (χ1v) is 7.10. The van der Waals surface area contributed by atoms with Gasteiger partial charge in [-0.05, 0) is 43.4 Å². The minimum atomic E-state index is -0.382. The number of aliphatic hydroxyl groups is 1. The second-order valence-electron chi connectivity index (χ2n) is 5.62. The number of carbonyl (C=O) groups excluding carboxylic acids is 1. The fourth-order valence-electron chi connectivity index (χ4n) is 2.37. The van der Waals surface area contributed by atoms with Crippen molar-refractivity contribution in [2.24, 2.45) is 5.92 Å². The van der Waals surface area contributed by atoms with Crippen LogP contribution in [0.4, 0.5) is 0 Å². The number of methoxy groups -OCH3 is 1. The Bertz CT molecular complexity index is 453. The smallest absolute Gasteiger partial charge is 0.229 e. The summed E-state index contributed by atoms with van der Waals surface area (Å²) in [5.74, 6) is 1.000. The van der Waals surface area contributed by atoms with Crippen LogP contribution < -0.4 is 4.74 Å². The number of benzene rings is 1. The number of amides is 1.